The molecule has 0 spiro atoms. The minimum Gasteiger partial charge on any atom is -0.310 e. The first-order chi connectivity index (χ1) is 10.2. The van der Waals surface area contributed by atoms with E-state index in [4.69, 9.17) is 0 Å². The van der Waals surface area contributed by atoms with E-state index in [0.29, 0.717) is 6.04 Å². The molecule has 2 aromatic rings. The van der Waals surface area contributed by atoms with Crippen molar-refractivity contribution in [2.24, 2.45) is 0 Å². The van der Waals surface area contributed by atoms with Gasteiger partial charge in [-0.05, 0) is 61.9 Å². The monoisotopic (exact) mass is 281 g/mol. The molecule has 0 aliphatic heterocycles. The summed E-state index contributed by atoms with van der Waals surface area (Å²) >= 11 is 0. The van der Waals surface area contributed by atoms with Crippen molar-refractivity contribution in [1.29, 1.82) is 0 Å². The molecule has 0 aliphatic carbocycles. The van der Waals surface area contributed by atoms with Crippen LogP contribution >= 0.6 is 0 Å². The molecule has 0 saturated heterocycles. The zero-order valence-electron chi connectivity index (χ0n) is 13.5. The molecule has 2 rings (SSSR count). The van der Waals surface area contributed by atoms with E-state index in [1.165, 1.54) is 28.7 Å². The summed E-state index contributed by atoms with van der Waals surface area (Å²) < 4.78 is 0. The summed E-state index contributed by atoms with van der Waals surface area (Å²) in [6.07, 6.45) is 3.44. The predicted molar refractivity (Wildman–Crippen MR) is 91.7 cm³/mol. The zero-order chi connectivity index (χ0) is 15.1. The molecule has 0 bridgehead atoms. The van der Waals surface area contributed by atoms with Crippen molar-refractivity contribution < 1.29 is 0 Å². The molecule has 0 aromatic heterocycles. The summed E-state index contributed by atoms with van der Waals surface area (Å²) in [5, 5.41) is 3.72. The highest BCUT2D eigenvalue weighted by atomic mass is 14.9. The zero-order valence-corrected chi connectivity index (χ0v) is 13.5. The van der Waals surface area contributed by atoms with Crippen molar-refractivity contribution in [2.75, 3.05) is 6.54 Å². The minimum absolute atomic E-state index is 0.449. The lowest BCUT2D eigenvalue weighted by Crippen LogP contribution is -2.23. The van der Waals surface area contributed by atoms with Crippen molar-refractivity contribution in [3.63, 3.8) is 0 Å². The van der Waals surface area contributed by atoms with E-state index in [-0.39, 0.29) is 0 Å². The largest absolute Gasteiger partial charge is 0.310 e. The normalized spacial score (nSPS) is 12.3. The van der Waals surface area contributed by atoms with Crippen molar-refractivity contribution in [3.8, 4) is 0 Å². The number of hydrogen-bond acceptors (Lipinski definition) is 1. The fraction of sp³-hybridized carbons (Fsp3) is 0.400. The highest BCUT2D eigenvalue weighted by Crippen LogP contribution is 2.24. The Balaban J connectivity index is 2.12. The Bertz CT molecular complexity index is 545. The van der Waals surface area contributed by atoms with Gasteiger partial charge in [0.1, 0.15) is 0 Å². The smallest absolute Gasteiger partial charge is 0.0326 e. The molecule has 112 valence electrons. The van der Waals surface area contributed by atoms with E-state index in [2.05, 4.69) is 74.6 Å². The quantitative estimate of drug-likeness (QED) is 0.755. The number of rotatable bonds is 7. The number of hydrogen-bond donors (Lipinski definition) is 1. The van der Waals surface area contributed by atoms with Gasteiger partial charge in [0.2, 0.25) is 0 Å². The molecule has 1 nitrogen and oxygen atoms in total. The maximum atomic E-state index is 3.72. The van der Waals surface area contributed by atoms with Crippen LogP contribution in [0.3, 0.4) is 0 Å². The van der Waals surface area contributed by atoms with Gasteiger partial charge in [0.05, 0.1) is 0 Å². The summed E-state index contributed by atoms with van der Waals surface area (Å²) in [4.78, 5) is 0. The summed E-state index contributed by atoms with van der Waals surface area (Å²) in [5.41, 5.74) is 5.69. The molecule has 0 saturated carbocycles. The number of benzene rings is 2. The molecule has 1 heteroatoms. The molecule has 0 fully saturated rings. The van der Waals surface area contributed by atoms with E-state index < -0.39 is 0 Å². The average molecular weight is 281 g/mol. The van der Waals surface area contributed by atoms with Crippen LogP contribution in [0, 0.1) is 13.8 Å². The third kappa shape index (κ3) is 4.44. The van der Waals surface area contributed by atoms with Crippen LogP contribution in [0.2, 0.25) is 0 Å². The van der Waals surface area contributed by atoms with Crippen LogP contribution in [0.4, 0.5) is 0 Å². The maximum absolute atomic E-state index is 3.72. The van der Waals surface area contributed by atoms with Gasteiger partial charge in [-0.15, -0.1) is 0 Å². The second kappa shape index (κ2) is 7.99. The van der Waals surface area contributed by atoms with Gasteiger partial charge in [0.25, 0.3) is 0 Å². The molecule has 0 heterocycles. The molecule has 1 atom stereocenters. The maximum Gasteiger partial charge on any atom is 0.0326 e. The minimum atomic E-state index is 0.449. The van der Waals surface area contributed by atoms with Gasteiger partial charge >= 0.3 is 0 Å². The topological polar surface area (TPSA) is 12.0 Å². The molecular formula is C20H27N. The Kier molecular flexibility index (Phi) is 6.01. The van der Waals surface area contributed by atoms with E-state index >= 15 is 0 Å². The predicted octanol–water partition coefficient (Wildman–Crippen LogP) is 4.98. The highest BCUT2D eigenvalue weighted by molar-refractivity contribution is 5.35. The standard InChI is InChI=1S/C20H27N/c1-4-15-21-20(14-13-18-10-6-5-7-11-18)19-12-8-9-16(2)17(19)3/h5-12,20-21H,4,13-15H2,1-3H3. The van der Waals surface area contributed by atoms with Crippen LogP contribution in [0.5, 0.6) is 0 Å². The molecule has 0 radical (unpaired) electrons. The Morgan fingerprint density at radius 1 is 0.952 bits per heavy atom. The first-order valence-corrected chi connectivity index (χ1v) is 8.05. The van der Waals surface area contributed by atoms with E-state index in [1.807, 2.05) is 0 Å². The van der Waals surface area contributed by atoms with Crippen LogP contribution in [0.15, 0.2) is 48.5 Å². The highest BCUT2D eigenvalue weighted by Gasteiger charge is 2.13. The molecule has 21 heavy (non-hydrogen) atoms. The fourth-order valence-corrected chi connectivity index (χ4v) is 2.79. The molecular weight excluding hydrogens is 254 g/mol. The summed E-state index contributed by atoms with van der Waals surface area (Å²) in [7, 11) is 0. The molecule has 1 N–H and O–H groups in total. The third-order valence-corrected chi connectivity index (χ3v) is 4.23. The molecule has 1 unspecified atom stereocenters. The molecule has 0 aliphatic rings. The number of nitrogens with one attached hydrogen (secondary N) is 1. The van der Waals surface area contributed by atoms with Crippen LogP contribution in [0.25, 0.3) is 0 Å². The van der Waals surface area contributed by atoms with Crippen molar-refractivity contribution in [2.45, 2.75) is 46.1 Å². The van der Waals surface area contributed by atoms with Gasteiger partial charge in [-0.3, -0.25) is 0 Å². The van der Waals surface area contributed by atoms with Crippen molar-refractivity contribution in [3.05, 3.63) is 70.8 Å². The van der Waals surface area contributed by atoms with Crippen molar-refractivity contribution in [1.82, 2.24) is 5.32 Å². The first-order valence-electron chi connectivity index (χ1n) is 8.05. The Morgan fingerprint density at radius 3 is 2.43 bits per heavy atom. The Morgan fingerprint density at radius 2 is 1.71 bits per heavy atom. The van der Waals surface area contributed by atoms with Crippen molar-refractivity contribution >= 4 is 0 Å². The van der Waals surface area contributed by atoms with Gasteiger partial charge in [-0.2, -0.15) is 0 Å². The number of aryl methyl sites for hydroxylation is 2. The van der Waals surface area contributed by atoms with Gasteiger partial charge in [-0.25, -0.2) is 0 Å². The van der Waals surface area contributed by atoms with Gasteiger partial charge < -0.3 is 5.32 Å². The second-order valence-electron chi connectivity index (χ2n) is 5.82. The van der Waals surface area contributed by atoms with Gasteiger partial charge in [0, 0.05) is 6.04 Å². The van der Waals surface area contributed by atoms with Gasteiger partial charge in [0.15, 0.2) is 0 Å². The van der Waals surface area contributed by atoms with E-state index in [9.17, 15) is 0 Å². The third-order valence-electron chi connectivity index (χ3n) is 4.23. The summed E-state index contributed by atoms with van der Waals surface area (Å²) in [5.74, 6) is 0. The van der Waals surface area contributed by atoms with Gasteiger partial charge in [-0.1, -0.05) is 55.5 Å². The molecule has 2 aromatic carbocycles. The average Bonchev–Trinajstić information content (AvgIpc) is 2.52. The second-order valence-corrected chi connectivity index (χ2v) is 5.82. The Labute approximate surface area is 129 Å². The summed E-state index contributed by atoms with van der Waals surface area (Å²) in [6.45, 7) is 7.75. The van der Waals surface area contributed by atoms with E-state index in [0.717, 1.165) is 19.4 Å². The lowest BCUT2D eigenvalue weighted by Gasteiger charge is -2.22. The summed E-state index contributed by atoms with van der Waals surface area (Å²) in [6, 6.07) is 17.9. The SMILES string of the molecule is CCCNC(CCc1ccccc1)c1cccc(C)c1C. The van der Waals surface area contributed by atoms with E-state index in [1.54, 1.807) is 0 Å². The first kappa shape index (κ1) is 15.8. The van der Waals surface area contributed by atoms with Crippen LogP contribution in [-0.2, 0) is 6.42 Å². The molecule has 0 amide bonds. The van der Waals surface area contributed by atoms with Crippen LogP contribution < -0.4 is 5.32 Å². The fourth-order valence-electron chi connectivity index (χ4n) is 2.79. The van der Waals surface area contributed by atoms with Crippen LogP contribution in [-0.4, -0.2) is 6.54 Å². The Hall–Kier alpha value is -1.60. The lowest BCUT2D eigenvalue weighted by molar-refractivity contribution is 0.497. The van der Waals surface area contributed by atoms with Crippen LogP contribution in [0.1, 0.15) is 48.1 Å². The lowest BCUT2D eigenvalue weighted by atomic mass is 9.93.